The highest BCUT2D eigenvalue weighted by molar-refractivity contribution is 9.10. The predicted molar refractivity (Wildman–Crippen MR) is 66.8 cm³/mol. The van der Waals surface area contributed by atoms with Gasteiger partial charge in [0, 0.05) is 10.0 Å². The first-order valence-corrected chi connectivity index (χ1v) is 6.61. The normalized spacial score (nSPS) is 19.5. The molecule has 1 aliphatic rings. The van der Waals surface area contributed by atoms with Crippen LogP contribution in [0.5, 0.6) is 5.75 Å². The van der Waals surface area contributed by atoms with Crippen molar-refractivity contribution in [3.05, 3.63) is 28.2 Å². The van der Waals surface area contributed by atoms with Crippen LogP contribution >= 0.6 is 15.9 Å². The summed E-state index contributed by atoms with van der Waals surface area (Å²) >= 11 is 3.33. The van der Waals surface area contributed by atoms with Crippen molar-refractivity contribution in [2.24, 2.45) is 0 Å². The van der Waals surface area contributed by atoms with Gasteiger partial charge in [-0.1, -0.05) is 22.0 Å². The van der Waals surface area contributed by atoms with Crippen LogP contribution in [-0.2, 0) is 4.84 Å². The number of fused-ring (bicyclic) bond motifs is 1. The smallest absolute Gasteiger partial charge is 0.413 e. The monoisotopic (exact) mass is 339 g/mol. The summed E-state index contributed by atoms with van der Waals surface area (Å²) in [4.78, 5) is 4.54. The van der Waals surface area contributed by atoms with Gasteiger partial charge in [-0.05, 0) is 25.0 Å². The number of halogens is 4. The van der Waals surface area contributed by atoms with Gasteiger partial charge in [-0.15, -0.1) is 0 Å². The molecule has 0 saturated carbocycles. The Balaban J connectivity index is 2.05. The molecule has 1 unspecified atom stereocenters. The van der Waals surface area contributed by atoms with Gasteiger partial charge in [0.05, 0.1) is 12.6 Å². The Morgan fingerprint density at radius 1 is 1.42 bits per heavy atom. The number of nitrogens with one attached hydrogen (secondary N) is 1. The Morgan fingerprint density at radius 3 is 2.95 bits per heavy atom. The van der Waals surface area contributed by atoms with Crippen LogP contribution in [0, 0.1) is 0 Å². The zero-order chi connectivity index (χ0) is 13.9. The summed E-state index contributed by atoms with van der Waals surface area (Å²) in [6.45, 7) is -0.767. The van der Waals surface area contributed by atoms with E-state index in [0.717, 1.165) is 16.5 Å². The van der Waals surface area contributed by atoms with Crippen LogP contribution in [0.4, 0.5) is 13.2 Å². The molecule has 1 heterocycles. The van der Waals surface area contributed by atoms with Gasteiger partial charge < -0.3 is 4.74 Å². The van der Waals surface area contributed by atoms with Crippen molar-refractivity contribution in [2.75, 3.05) is 13.2 Å². The van der Waals surface area contributed by atoms with Crippen LogP contribution in [-0.4, -0.2) is 19.4 Å². The fourth-order valence-corrected chi connectivity index (χ4v) is 2.23. The van der Waals surface area contributed by atoms with Crippen LogP contribution in [0.3, 0.4) is 0 Å². The minimum Gasteiger partial charge on any atom is -0.493 e. The Morgan fingerprint density at radius 2 is 2.21 bits per heavy atom. The molecular weight excluding hydrogens is 327 g/mol. The van der Waals surface area contributed by atoms with Crippen molar-refractivity contribution in [3.63, 3.8) is 0 Å². The highest BCUT2D eigenvalue weighted by Gasteiger charge is 2.29. The number of hydrogen-bond donors (Lipinski definition) is 1. The lowest BCUT2D eigenvalue weighted by atomic mass is 10.0. The molecule has 19 heavy (non-hydrogen) atoms. The number of rotatable bonds is 3. The molecule has 0 spiro atoms. The zero-order valence-electron chi connectivity index (χ0n) is 9.97. The third kappa shape index (κ3) is 4.36. The van der Waals surface area contributed by atoms with Gasteiger partial charge in [0.25, 0.3) is 0 Å². The summed E-state index contributed by atoms with van der Waals surface area (Å²) in [7, 11) is 0. The molecule has 1 atom stereocenters. The summed E-state index contributed by atoms with van der Waals surface area (Å²) in [6, 6.07) is 5.15. The largest absolute Gasteiger partial charge is 0.493 e. The van der Waals surface area contributed by atoms with E-state index in [0.29, 0.717) is 18.8 Å². The second-order valence-electron chi connectivity index (χ2n) is 4.25. The topological polar surface area (TPSA) is 30.5 Å². The third-order valence-corrected chi connectivity index (χ3v) is 3.20. The second kappa shape index (κ2) is 6.11. The molecule has 3 nitrogen and oxygen atoms in total. The van der Waals surface area contributed by atoms with Gasteiger partial charge in [-0.3, -0.25) is 4.84 Å². The van der Waals surface area contributed by atoms with Crippen LogP contribution in [0.25, 0.3) is 0 Å². The maximum atomic E-state index is 12.0. The lowest BCUT2D eigenvalue weighted by molar-refractivity contribution is -0.193. The quantitative estimate of drug-likeness (QED) is 0.851. The van der Waals surface area contributed by atoms with E-state index in [4.69, 9.17) is 4.74 Å². The van der Waals surface area contributed by atoms with Crippen molar-refractivity contribution in [1.82, 2.24) is 5.48 Å². The van der Waals surface area contributed by atoms with E-state index in [1.165, 1.54) is 0 Å². The maximum Gasteiger partial charge on any atom is 0.413 e. The van der Waals surface area contributed by atoms with Gasteiger partial charge in [-0.2, -0.15) is 18.7 Å². The van der Waals surface area contributed by atoms with E-state index in [-0.39, 0.29) is 6.04 Å². The van der Waals surface area contributed by atoms with Crippen molar-refractivity contribution < 1.29 is 22.7 Å². The van der Waals surface area contributed by atoms with Crippen molar-refractivity contribution in [3.8, 4) is 5.75 Å². The van der Waals surface area contributed by atoms with E-state index in [9.17, 15) is 13.2 Å². The molecule has 106 valence electrons. The van der Waals surface area contributed by atoms with Crippen LogP contribution < -0.4 is 10.2 Å². The first-order valence-electron chi connectivity index (χ1n) is 5.82. The summed E-state index contributed by atoms with van der Waals surface area (Å²) in [5.41, 5.74) is 3.29. The van der Waals surface area contributed by atoms with E-state index < -0.39 is 12.8 Å². The molecule has 0 amide bonds. The molecule has 0 aromatic heterocycles. The minimum absolute atomic E-state index is 0.298. The van der Waals surface area contributed by atoms with Gasteiger partial charge in [-0.25, -0.2) is 0 Å². The van der Waals surface area contributed by atoms with Gasteiger partial charge in [0.1, 0.15) is 5.75 Å². The predicted octanol–water partition coefficient (Wildman–Crippen LogP) is 3.75. The highest BCUT2D eigenvalue weighted by Crippen LogP contribution is 2.33. The average molecular weight is 340 g/mol. The van der Waals surface area contributed by atoms with E-state index >= 15 is 0 Å². The molecule has 1 aromatic rings. The Labute approximate surface area is 117 Å². The van der Waals surface area contributed by atoms with Crippen LogP contribution in [0.1, 0.15) is 24.4 Å². The molecule has 0 saturated heterocycles. The van der Waals surface area contributed by atoms with Crippen LogP contribution in [0.15, 0.2) is 22.7 Å². The van der Waals surface area contributed by atoms with Gasteiger partial charge >= 0.3 is 6.18 Å². The fourth-order valence-electron chi connectivity index (χ4n) is 1.89. The lowest BCUT2D eigenvalue weighted by Crippen LogP contribution is -2.28. The SMILES string of the molecule is FC(F)(F)CONC1CCCOc2cc(Br)ccc21. The summed E-state index contributed by atoms with van der Waals surface area (Å²) in [6.07, 6.45) is -2.93. The molecule has 1 N–H and O–H groups in total. The Kier molecular flexibility index (Phi) is 4.70. The third-order valence-electron chi connectivity index (χ3n) is 2.71. The van der Waals surface area contributed by atoms with Gasteiger partial charge in [0.15, 0.2) is 6.61 Å². The maximum absolute atomic E-state index is 12.0. The van der Waals surface area contributed by atoms with E-state index in [1.54, 1.807) is 6.07 Å². The molecule has 0 radical (unpaired) electrons. The molecule has 0 bridgehead atoms. The van der Waals surface area contributed by atoms with Gasteiger partial charge in [0.2, 0.25) is 0 Å². The van der Waals surface area contributed by atoms with E-state index in [2.05, 4.69) is 26.2 Å². The first kappa shape index (κ1) is 14.6. The summed E-state index contributed by atoms with van der Waals surface area (Å²) < 4.78 is 42.6. The van der Waals surface area contributed by atoms with E-state index in [1.807, 2.05) is 12.1 Å². The minimum atomic E-state index is -4.34. The molecule has 1 aliphatic heterocycles. The van der Waals surface area contributed by atoms with Crippen molar-refractivity contribution in [1.29, 1.82) is 0 Å². The molecule has 0 aliphatic carbocycles. The standard InChI is InChI=1S/C12H13BrF3NO2/c13-8-3-4-9-10(17-19-7-12(14,15)16)2-1-5-18-11(9)6-8/h3-4,6,10,17H,1-2,5,7H2. The van der Waals surface area contributed by atoms with Crippen molar-refractivity contribution >= 4 is 15.9 Å². The Hall–Kier alpha value is -0.790. The number of hydrogen-bond acceptors (Lipinski definition) is 3. The first-order chi connectivity index (χ1) is 8.96. The molecule has 1 aromatic carbocycles. The number of benzene rings is 1. The fraction of sp³-hybridized carbons (Fsp3) is 0.500. The van der Waals surface area contributed by atoms with Crippen LogP contribution in [0.2, 0.25) is 0 Å². The number of alkyl halides is 3. The van der Waals surface area contributed by atoms with Crippen molar-refractivity contribution in [2.45, 2.75) is 25.1 Å². The molecule has 2 rings (SSSR count). The molecule has 7 heteroatoms. The number of ether oxygens (including phenoxy) is 1. The highest BCUT2D eigenvalue weighted by atomic mass is 79.9. The molecular formula is C12H13BrF3NO2. The molecule has 0 fully saturated rings. The second-order valence-corrected chi connectivity index (χ2v) is 5.16. The summed E-state index contributed by atoms with van der Waals surface area (Å²) in [5, 5.41) is 0. The summed E-state index contributed by atoms with van der Waals surface area (Å²) in [5.74, 6) is 0.667. The average Bonchev–Trinajstić information content (AvgIpc) is 2.50. The Bertz CT molecular complexity index is 439. The lowest BCUT2D eigenvalue weighted by Gasteiger charge is -2.18. The number of hydroxylamine groups is 1. The zero-order valence-corrected chi connectivity index (χ0v) is 11.6.